The van der Waals surface area contributed by atoms with Crippen molar-refractivity contribution in [2.75, 3.05) is 56.4 Å². The summed E-state index contributed by atoms with van der Waals surface area (Å²) in [4.78, 5) is 0. The van der Waals surface area contributed by atoms with E-state index in [0.29, 0.717) is 0 Å². The molecule has 1 heterocycles. The third kappa shape index (κ3) is 3.12. The van der Waals surface area contributed by atoms with Crippen LogP contribution in [0.15, 0.2) is 36.4 Å². The van der Waals surface area contributed by atoms with Crippen LogP contribution in [0.2, 0.25) is 0 Å². The van der Waals surface area contributed by atoms with E-state index in [0.717, 1.165) is 0 Å². The van der Waals surface area contributed by atoms with E-state index in [-0.39, 0.29) is 0 Å². The molecule has 0 aromatic heterocycles. The smallest absolute Gasteiger partial charge is 0.0468 e. The lowest BCUT2D eigenvalue weighted by atomic mass is 10.2. The van der Waals surface area contributed by atoms with Crippen LogP contribution in [0.4, 0.5) is 0 Å². The predicted octanol–water partition coefficient (Wildman–Crippen LogP) is 3.54. The Balaban J connectivity index is 2.89. The van der Waals surface area contributed by atoms with Gasteiger partial charge < -0.3 is 0 Å². The molecule has 1 aliphatic rings. The van der Waals surface area contributed by atoms with Gasteiger partial charge in [0.25, 0.3) is 0 Å². The second-order valence-corrected chi connectivity index (χ2v) is 14.5. The Kier molecular flexibility index (Phi) is 6.03. The van der Waals surface area contributed by atoms with Gasteiger partial charge in [0.1, 0.15) is 0 Å². The zero-order valence-corrected chi connectivity index (χ0v) is 18.1. The molecule has 0 saturated carbocycles. The zero-order valence-electron chi connectivity index (χ0n) is 16.3. The molecule has 1 aliphatic heterocycles. The van der Waals surface area contributed by atoms with Gasteiger partial charge in [-0.05, 0) is 79.4 Å². The minimum atomic E-state index is -1.76. The lowest BCUT2D eigenvalue weighted by Gasteiger charge is -2.47. The highest BCUT2D eigenvalue weighted by molar-refractivity contribution is 8.01. The highest BCUT2D eigenvalue weighted by atomic mass is 31.2. The summed E-state index contributed by atoms with van der Waals surface area (Å²) in [6.45, 7) is 0. The van der Waals surface area contributed by atoms with Crippen molar-refractivity contribution < 1.29 is 0 Å². The Labute approximate surface area is 148 Å². The van der Waals surface area contributed by atoms with E-state index >= 15 is 0 Å². The summed E-state index contributed by atoms with van der Waals surface area (Å²) < 4.78 is 9.65. The van der Waals surface area contributed by atoms with Crippen LogP contribution in [0, 0.1) is 0 Å². The Bertz CT molecular complexity index is 692. The molecule has 6 heteroatoms. The molecule has 1 aromatic rings. The molecule has 0 spiro atoms. The third-order valence-corrected chi connectivity index (χ3v) is 14.1. The molecule has 1 aromatic carbocycles. The number of benzene rings is 1. The van der Waals surface area contributed by atoms with Crippen LogP contribution in [-0.2, 0) is 0 Å². The van der Waals surface area contributed by atoms with E-state index in [4.69, 9.17) is 0 Å². The maximum absolute atomic E-state index is 2.66. The summed E-state index contributed by atoms with van der Waals surface area (Å²) in [5.41, 5.74) is 3.97. The summed E-state index contributed by atoms with van der Waals surface area (Å²) in [6.07, 6.45) is 2.39. The van der Waals surface area contributed by atoms with E-state index in [1.165, 1.54) is 10.9 Å². The van der Waals surface area contributed by atoms with Crippen molar-refractivity contribution in [3.05, 3.63) is 42.0 Å². The number of hydrogen-bond acceptors (Lipinski definition) is 4. The molecule has 0 unspecified atom stereocenters. The van der Waals surface area contributed by atoms with Gasteiger partial charge in [0.2, 0.25) is 0 Å². The highest BCUT2D eigenvalue weighted by Gasteiger charge is 2.36. The molecule has 0 atom stereocenters. The van der Waals surface area contributed by atoms with Crippen molar-refractivity contribution in [2.45, 2.75) is 0 Å². The first kappa shape index (κ1) is 19.7. The van der Waals surface area contributed by atoms with Gasteiger partial charge in [0.05, 0.1) is 0 Å². The van der Waals surface area contributed by atoms with Crippen molar-refractivity contribution in [2.24, 2.45) is 0 Å². The Morgan fingerprint density at radius 2 is 1.17 bits per heavy atom. The lowest BCUT2D eigenvalue weighted by Crippen LogP contribution is -2.30. The van der Waals surface area contributed by atoms with Gasteiger partial charge in [-0.1, -0.05) is 30.3 Å². The van der Waals surface area contributed by atoms with Gasteiger partial charge in [-0.2, -0.15) is 0 Å². The van der Waals surface area contributed by atoms with Crippen molar-refractivity contribution in [1.82, 2.24) is 18.7 Å². The van der Waals surface area contributed by atoms with Gasteiger partial charge >= 0.3 is 0 Å². The zero-order chi connectivity index (χ0) is 18.1. The minimum Gasteiger partial charge on any atom is -0.275 e. The van der Waals surface area contributed by atoms with Crippen LogP contribution in [-0.4, -0.2) is 86.4 Å². The number of rotatable bonds is 5. The van der Waals surface area contributed by atoms with Gasteiger partial charge in [0.15, 0.2) is 0 Å². The first-order chi connectivity index (χ1) is 11.2. The SMILES string of the molecule is CN(C)P1(N(C)C)=CC=C(c2ccccc2)P(N(C)C)(N(C)C)=C1. The van der Waals surface area contributed by atoms with Crippen LogP contribution in [0.25, 0.3) is 5.31 Å². The second kappa shape index (κ2) is 7.33. The molecule has 24 heavy (non-hydrogen) atoms. The normalized spacial score (nSPS) is 19.4. The van der Waals surface area contributed by atoms with E-state index in [1.807, 2.05) is 0 Å². The summed E-state index contributed by atoms with van der Waals surface area (Å²) in [5.74, 6) is 2.43. The quantitative estimate of drug-likeness (QED) is 0.739. The predicted molar refractivity (Wildman–Crippen MR) is 115 cm³/mol. The van der Waals surface area contributed by atoms with Crippen LogP contribution >= 0.6 is 14.4 Å². The minimum absolute atomic E-state index is 1.32. The lowest BCUT2D eigenvalue weighted by molar-refractivity contribution is 0.575. The van der Waals surface area contributed by atoms with Crippen molar-refractivity contribution in [3.8, 4) is 0 Å². The summed E-state index contributed by atoms with van der Waals surface area (Å²) >= 11 is 0. The summed E-state index contributed by atoms with van der Waals surface area (Å²) in [6, 6.07) is 10.8. The highest BCUT2D eigenvalue weighted by Crippen LogP contribution is 2.69. The van der Waals surface area contributed by atoms with Gasteiger partial charge in [-0.3, -0.25) is 18.7 Å². The molecule has 4 nitrogen and oxygen atoms in total. The van der Waals surface area contributed by atoms with Crippen LogP contribution in [0.1, 0.15) is 5.56 Å². The van der Waals surface area contributed by atoms with Crippen LogP contribution in [0.3, 0.4) is 0 Å². The van der Waals surface area contributed by atoms with Crippen LogP contribution in [0.5, 0.6) is 0 Å². The largest absolute Gasteiger partial charge is 0.275 e. The first-order valence-electron chi connectivity index (χ1n) is 8.16. The molecular formula is C18H32N4P2. The standard InChI is InChI=1S/C18H32N4P2/c1-19(2)23(20(3)4)15-14-18(17-12-10-9-11-13-17)24(16-23,21(5)6)22(7)8/h9-16H,1-8H3. The second-order valence-electron chi connectivity index (χ2n) is 6.92. The topological polar surface area (TPSA) is 13.0 Å². The molecule has 0 fully saturated rings. The Morgan fingerprint density at radius 3 is 1.58 bits per heavy atom. The van der Waals surface area contributed by atoms with Gasteiger partial charge in [-0.15, -0.1) is 0 Å². The maximum Gasteiger partial charge on any atom is 0.0468 e. The van der Waals surface area contributed by atoms with Gasteiger partial charge in [-0.25, -0.2) is 0 Å². The van der Waals surface area contributed by atoms with E-state index < -0.39 is 14.4 Å². The molecule has 0 aliphatic carbocycles. The fourth-order valence-corrected chi connectivity index (χ4v) is 13.5. The summed E-state index contributed by atoms with van der Waals surface area (Å²) in [5, 5.41) is 1.43. The molecule has 2 rings (SSSR count). The van der Waals surface area contributed by atoms with Crippen molar-refractivity contribution >= 4 is 31.0 Å². The molecule has 134 valence electrons. The molecular weight excluding hydrogens is 334 g/mol. The van der Waals surface area contributed by atoms with Crippen molar-refractivity contribution in [1.29, 1.82) is 0 Å². The number of allylic oxidation sites excluding steroid dienone is 1. The van der Waals surface area contributed by atoms with E-state index in [9.17, 15) is 0 Å². The molecule has 0 amide bonds. The summed E-state index contributed by atoms with van der Waals surface area (Å²) in [7, 11) is 14.3. The average molecular weight is 366 g/mol. The number of nitrogens with zero attached hydrogens (tertiary/aromatic N) is 4. The van der Waals surface area contributed by atoms with Crippen LogP contribution < -0.4 is 0 Å². The Morgan fingerprint density at radius 1 is 0.667 bits per heavy atom. The number of hydrogen-bond donors (Lipinski definition) is 0. The van der Waals surface area contributed by atoms with E-state index in [1.54, 1.807) is 0 Å². The third-order valence-electron chi connectivity index (χ3n) is 4.71. The fourth-order valence-electron chi connectivity index (χ4n) is 3.35. The van der Waals surface area contributed by atoms with Gasteiger partial charge in [0, 0.05) is 19.7 Å². The Hall–Kier alpha value is -0.600. The molecule has 0 bridgehead atoms. The first-order valence-corrected chi connectivity index (χ1v) is 11.8. The van der Waals surface area contributed by atoms with Crippen molar-refractivity contribution in [3.63, 3.8) is 0 Å². The fraction of sp³-hybridized carbons (Fsp3) is 0.444. The van der Waals surface area contributed by atoms with E-state index in [2.05, 4.69) is 123 Å². The molecule has 0 saturated heterocycles. The monoisotopic (exact) mass is 366 g/mol. The maximum atomic E-state index is 2.66. The molecule has 0 radical (unpaired) electrons. The molecule has 0 N–H and O–H groups in total. The average Bonchev–Trinajstić information content (AvgIpc) is 2.54.